The van der Waals surface area contributed by atoms with E-state index in [1.165, 1.54) is 36.5 Å². The van der Waals surface area contributed by atoms with Gasteiger partial charge < -0.3 is 15.0 Å². The summed E-state index contributed by atoms with van der Waals surface area (Å²) >= 11 is 3.37. The van der Waals surface area contributed by atoms with Gasteiger partial charge in [0.05, 0.1) is 21.1 Å². The number of nitro benzene ring substituents is 1. The first-order valence-corrected chi connectivity index (χ1v) is 12.4. The molecule has 2 N–H and O–H groups in total. The van der Waals surface area contributed by atoms with Gasteiger partial charge in [-0.25, -0.2) is 8.42 Å². The van der Waals surface area contributed by atoms with Crippen molar-refractivity contribution < 1.29 is 18.4 Å². The largest absolute Gasteiger partial charge is 0.494 e. The standard InChI is InChI=1S/C21H22BrN5O5S/c1-3-18(26-8-6-25(2)7-9-26)33(31,32)14-11-16(22)20(23-12-14)19-15-10-13(27(29)30)4-5-17(15)24-21(19)28/h3-5,10-12,18,24,28H,1,6-9H2,2H3. The van der Waals surface area contributed by atoms with Gasteiger partial charge in [-0.15, -0.1) is 6.58 Å². The molecular formula is C21H22BrN5O5S. The normalized spacial score (nSPS) is 16.7. The molecule has 0 bridgehead atoms. The number of rotatable bonds is 6. The second kappa shape index (κ2) is 8.86. The molecule has 0 amide bonds. The Hall–Kier alpha value is -2.80. The van der Waals surface area contributed by atoms with E-state index in [2.05, 4.69) is 37.4 Å². The van der Waals surface area contributed by atoms with Crippen LogP contribution in [0.3, 0.4) is 0 Å². The first kappa shape index (κ1) is 23.4. The van der Waals surface area contributed by atoms with Crippen molar-refractivity contribution in [2.24, 2.45) is 0 Å². The fourth-order valence-corrected chi connectivity index (χ4v) is 6.28. The Morgan fingerprint density at radius 2 is 2.00 bits per heavy atom. The summed E-state index contributed by atoms with van der Waals surface area (Å²) in [6, 6.07) is 5.59. The number of aromatic nitrogens is 2. The predicted octanol–water partition coefficient (Wildman–Crippen LogP) is 3.14. The number of hydrogen-bond acceptors (Lipinski definition) is 8. The molecule has 174 valence electrons. The minimum absolute atomic E-state index is 0.00673. The number of halogens is 1. The lowest BCUT2D eigenvalue weighted by atomic mass is 10.1. The van der Waals surface area contributed by atoms with E-state index < -0.39 is 20.1 Å². The van der Waals surface area contributed by atoms with Gasteiger partial charge in [0, 0.05) is 59.9 Å². The van der Waals surface area contributed by atoms with Gasteiger partial charge in [-0.2, -0.15) is 0 Å². The van der Waals surface area contributed by atoms with Crippen LogP contribution in [0.4, 0.5) is 5.69 Å². The highest BCUT2D eigenvalue weighted by molar-refractivity contribution is 9.10. The summed E-state index contributed by atoms with van der Waals surface area (Å²) in [5.41, 5.74) is 0.844. The first-order valence-electron chi connectivity index (χ1n) is 10.1. The summed E-state index contributed by atoms with van der Waals surface area (Å²) in [4.78, 5) is 21.7. The molecule has 0 spiro atoms. The zero-order valence-electron chi connectivity index (χ0n) is 17.7. The van der Waals surface area contributed by atoms with E-state index in [4.69, 9.17) is 0 Å². The van der Waals surface area contributed by atoms with Gasteiger partial charge in [0.1, 0.15) is 5.37 Å². The van der Waals surface area contributed by atoms with Crippen LogP contribution in [-0.2, 0) is 9.84 Å². The van der Waals surface area contributed by atoms with Crippen LogP contribution in [0.1, 0.15) is 0 Å². The molecule has 1 unspecified atom stereocenters. The van der Waals surface area contributed by atoms with Crippen LogP contribution in [0.5, 0.6) is 5.88 Å². The molecule has 0 aliphatic carbocycles. The average Bonchev–Trinajstić information content (AvgIpc) is 3.10. The number of aromatic amines is 1. The van der Waals surface area contributed by atoms with Crippen molar-refractivity contribution in [3.63, 3.8) is 0 Å². The van der Waals surface area contributed by atoms with Crippen LogP contribution in [-0.4, -0.2) is 76.8 Å². The van der Waals surface area contributed by atoms with Crippen LogP contribution >= 0.6 is 15.9 Å². The monoisotopic (exact) mass is 535 g/mol. The van der Waals surface area contributed by atoms with Crippen LogP contribution in [0.15, 0.2) is 52.5 Å². The van der Waals surface area contributed by atoms with Crippen LogP contribution in [0.2, 0.25) is 0 Å². The lowest BCUT2D eigenvalue weighted by molar-refractivity contribution is -0.384. The second-order valence-corrected chi connectivity index (χ2v) is 10.7. The SMILES string of the molecule is C=CC(N1CCN(C)CC1)S(=O)(=O)c1cnc(-c2c(O)[nH]c3ccc([N+](=O)[O-])cc23)c(Br)c1. The number of nitrogens with zero attached hydrogens (tertiary/aromatic N) is 4. The highest BCUT2D eigenvalue weighted by Gasteiger charge is 2.33. The maximum atomic E-state index is 13.4. The van der Waals surface area contributed by atoms with Crippen LogP contribution in [0, 0.1) is 10.1 Å². The third-order valence-electron chi connectivity index (χ3n) is 5.77. The van der Waals surface area contributed by atoms with E-state index in [1.807, 2.05) is 11.9 Å². The van der Waals surface area contributed by atoms with E-state index in [1.54, 1.807) is 0 Å². The Morgan fingerprint density at radius 3 is 2.61 bits per heavy atom. The molecule has 0 saturated carbocycles. The summed E-state index contributed by atoms with van der Waals surface area (Å²) in [5, 5.41) is 21.2. The number of nitro groups is 1. The summed E-state index contributed by atoms with van der Waals surface area (Å²) in [5.74, 6) is -0.226. The van der Waals surface area contributed by atoms with Gasteiger partial charge in [0.2, 0.25) is 0 Å². The van der Waals surface area contributed by atoms with Crippen molar-refractivity contribution in [2.75, 3.05) is 33.2 Å². The van der Waals surface area contributed by atoms with E-state index in [9.17, 15) is 23.6 Å². The lowest BCUT2D eigenvalue weighted by Crippen LogP contribution is -2.50. The van der Waals surface area contributed by atoms with Gasteiger partial charge in [0.25, 0.3) is 5.69 Å². The number of aromatic hydroxyl groups is 1. The molecule has 2 aromatic heterocycles. The fourth-order valence-electron chi connectivity index (χ4n) is 3.97. The maximum Gasteiger partial charge on any atom is 0.270 e. The third-order valence-corrected chi connectivity index (χ3v) is 8.38. The van der Waals surface area contributed by atoms with E-state index in [0.717, 1.165) is 13.1 Å². The molecule has 3 heterocycles. The molecule has 0 radical (unpaired) electrons. The minimum Gasteiger partial charge on any atom is -0.494 e. The Labute approximate surface area is 198 Å². The van der Waals surface area contributed by atoms with Crippen molar-refractivity contribution in [3.05, 3.63) is 57.7 Å². The van der Waals surface area contributed by atoms with Crippen LogP contribution in [0.25, 0.3) is 22.2 Å². The van der Waals surface area contributed by atoms with Crippen molar-refractivity contribution in [3.8, 4) is 17.1 Å². The quantitative estimate of drug-likeness (QED) is 0.279. The van der Waals surface area contributed by atoms with Gasteiger partial charge in [-0.1, -0.05) is 6.08 Å². The molecule has 33 heavy (non-hydrogen) atoms. The number of benzene rings is 1. The van der Waals surface area contributed by atoms with Gasteiger partial charge in [0.15, 0.2) is 15.7 Å². The molecule has 1 saturated heterocycles. The number of likely N-dealkylation sites (N-methyl/N-ethyl adjacent to an activating group) is 1. The highest BCUT2D eigenvalue weighted by atomic mass is 79.9. The smallest absolute Gasteiger partial charge is 0.270 e. The summed E-state index contributed by atoms with van der Waals surface area (Å²) < 4.78 is 27.1. The van der Waals surface area contributed by atoms with Crippen molar-refractivity contribution in [1.82, 2.24) is 19.8 Å². The first-order chi connectivity index (χ1) is 15.6. The summed E-state index contributed by atoms with van der Waals surface area (Å²) in [7, 11) is -1.82. The number of nitrogens with one attached hydrogen (secondary N) is 1. The summed E-state index contributed by atoms with van der Waals surface area (Å²) in [6.45, 7) is 6.45. The molecule has 1 atom stereocenters. The number of non-ortho nitro benzene ring substituents is 1. The molecule has 1 aliphatic rings. The fraction of sp³-hybridized carbons (Fsp3) is 0.286. The molecule has 4 rings (SSSR count). The Kier molecular flexibility index (Phi) is 6.27. The zero-order chi connectivity index (χ0) is 23.9. The Morgan fingerprint density at radius 1 is 1.30 bits per heavy atom. The summed E-state index contributed by atoms with van der Waals surface area (Å²) in [6.07, 6.45) is 2.66. The molecule has 3 aromatic rings. The van der Waals surface area contributed by atoms with Crippen molar-refractivity contribution >= 4 is 42.4 Å². The average molecular weight is 536 g/mol. The number of pyridine rings is 1. The number of fused-ring (bicyclic) bond motifs is 1. The molecule has 12 heteroatoms. The van der Waals surface area contributed by atoms with Gasteiger partial charge in [-0.3, -0.25) is 20.0 Å². The molecule has 1 fully saturated rings. The topological polar surface area (TPSA) is 133 Å². The molecule has 1 aromatic carbocycles. The molecular weight excluding hydrogens is 514 g/mol. The lowest BCUT2D eigenvalue weighted by Gasteiger charge is -2.36. The third kappa shape index (κ3) is 4.26. The number of sulfone groups is 1. The number of piperazine rings is 1. The van der Waals surface area contributed by atoms with E-state index in [0.29, 0.717) is 28.5 Å². The second-order valence-electron chi connectivity index (χ2n) is 7.85. The highest BCUT2D eigenvalue weighted by Crippen LogP contribution is 2.40. The zero-order valence-corrected chi connectivity index (χ0v) is 20.1. The van der Waals surface area contributed by atoms with E-state index in [-0.39, 0.29) is 27.7 Å². The van der Waals surface area contributed by atoms with Crippen molar-refractivity contribution in [1.29, 1.82) is 0 Å². The van der Waals surface area contributed by atoms with Crippen molar-refractivity contribution in [2.45, 2.75) is 10.3 Å². The van der Waals surface area contributed by atoms with E-state index >= 15 is 0 Å². The Balaban J connectivity index is 1.74. The molecule has 1 aliphatic heterocycles. The minimum atomic E-state index is -3.81. The van der Waals surface area contributed by atoms with Gasteiger partial charge in [-0.05, 0) is 35.1 Å². The number of H-pyrrole nitrogens is 1. The number of hydrogen-bond donors (Lipinski definition) is 2. The van der Waals surface area contributed by atoms with Gasteiger partial charge >= 0.3 is 0 Å². The predicted molar refractivity (Wildman–Crippen MR) is 128 cm³/mol. The van der Waals surface area contributed by atoms with Crippen LogP contribution < -0.4 is 0 Å². The molecule has 10 nitrogen and oxygen atoms in total. The Bertz CT molecular complexity index is 1350. The maximum absolute atomic E-state index is 13.4.